The summed E-state index contributed by atoms with van der Waals surface area (Å²) in [6.45, 7) is 4.48. The van der Waals surface area contributed by atoms with E-state index in [9.17, 15) is 14.6 Å². The van der Waals surface area contributed by atoms with Crippen molar-refractivity contribution in [2.45, 2.75) is 26.9 Å². The van der Waals surface area contributed by atoms with Gasteiger partial charge in [0.1, 0.15) is 5.82 Å². The molecule has 2 aromatic rings. The Balaban J connectivity index is 2.01. The van der Waals surface area contributed by atoms with Gasteiger partial charge in [-0.05, 0) is 36.6 Å². The zero-order valence-corrected chi connectivity index (χ0v) is 11.6. The highest BCUT2D eigenvalue weighted by Crippen LogP contribution is 2.27. The summed E-state index contributed by atoms with van der Waals surface area (Å²) in [7, 11) is 0. The zero-order valence-electron chi connectivity index (χ0n) is 11.6. The molecule has 0 bridgehead atoms. The van der Waals surface area contributed by atoms with Gasteiger partial charge in [-0.1, -0.05) is 24.3 Å². The van der Waals surface area contributed by atoms with Crippen LogP contribution in [0.3, 0.4) is 0 Å². The Morgan fingerprint density at radius 3 is 2.35 bits per heavy atom. The quantitative estimate of drug-likeness (QED) is 0.751. The topological polar surface area (TPSA) is 52.5 Å². The van der Waals surface area contributed by atoms with Crippen LogP contribution in [0.4, 0.5) is 4.39 Å². The molecule has 3 nitrogen and oxygen atoms in total. The van der Waals surface area contributed by atoms with Crippen molar-refractivity contribution in [1.82, 2.24) is 5.32 Å². The number of hydrogen-bond acceptors (Lipinski definition) is 3. The van der Waals surface area contributed by atoms with Crippen molar-refractivity contribution >= 4 is 0 Å². The van der Waals surface area contributed by atoms with Gasteiger partial charge in [0.15, 0.2) is 11.5 Å². The Morgan fingerprint density at radius 1 is 1.05 bits per heavy atom. The number of rotatable bonds is 4. The Morgan fingerprint density at radius 2 is 1.70 bits per heavy atom. The number of nitrogens with one attached hydrogen (secondary N) is 1. The number of aromatic hydroxyl groups is 2. The molecule has 0 aliphatic carbocycles. The summed E-state index contributed by atoms with van der Waals surface area (Å²) in [4.78, 5) is 0. The molecule has 0 aromatic heterocycles. The molecule has 0 radical (unpaired) electrons. The molecule has 2 rings (SSSR count). The predicted molar refractivity (Wildman–Crippen MR) is 76.2 cm³/mol. The van der Waals surface area contributed by atoms with E-state index in [-0.39, 0.29) is 17.3 Å². The minimum absolute atomic E-state index is 0.105. The maximum Gasteiger partial charge on any atom is 0.161 e. The summed E-state index contributed by atoms with van der Waals surface area (Å²) in [5.41, 5.74) is 2.87. The SMILES string of the molecule is Cc1cc(CNCc2cccc(O)c2O)cc(C)c1F. The van der Waals surface area contributed by atoms with Crippen molar-refractivity contribution in [3.05, 3.63) is 58.4 Å². The summed E-state index contributed by atoms with van der Waals surface area (Å²) in [5, 5.41) is 22.2. The van der Waals surface area contributed by atoms with Crippen LogP contribution in [-0.2, 0) is 13.1 Å². The van der Waals surface area contributed by atoms with Crippen LogP contribution in [0.15, 0.2) is 30.3 Å². The first-order valence-corrected chi connectivity index (χ1v) is 6.45. The first-order chi connectivity index (χ1) is 9.49. The minimum Gasteiger partial charge on any atom is -0.504 e. The standard InChI is InChI=1S/C16H18FNO2/c1-10-6-12(7-11(2)15(10)17)8-18-9-13-4-3-5-14(19)16(13)20/h3-7,18-20H,8-9H2,1-2H3. The molecule has 0 atom stereocenters. The number of para-hydroxylation sites is 1. The smallest absolute Gasteiger partial charge is 0.161 e. The highest BCUT2D eigenvalue weighted by Gasteiger charge is 2.06. The van der Waals surface area contributed by atoms with Crippen LogP contribution in [-0.4, -0.2) is 10.2 Å². The number of aryl methyl sites for hydroxylation is 2. The lowest BCUT2D eigenvalue weighted by atomic mass is 10.1. The van der Waals surface area contributed by atoms with Crippen LogP contribution in [0.25, 0.3) is 0 Å². The van der Waals surface area contributed by atoms with E-state index in [4.69, 9.17) is 0 Å². The van der Waals surface area contributed by atoms with Crippen LogP contribution in [0.1, 0.15) is 22.3 Å². The second kappa shape index (κ2) is 5.92. The van der Waals surface area contributed by atoms with Gasteiger partial charge in [-0.15, -0.1) is 0 Å². The largest absolute Gasteiger partial charge is 0.504 e. The number of phenols is 2. The Kier molecular flexibility index (Phi) is 4.25. The lowest BCUT2D eigenvalue weighted by Crippen LogP contribution is -2.13. The molecule has 0 amide bonds. The Hall–Kier alpha value is -2.07. The minimum atomic E-state index is -0.167. The van der Waals surface area contributed by atoms with Crippen molar-refractivity contribution in [3.8, 4) is 11.5 Å². The second-order valence-corrected chi connectivity index (χ2v) is 4.93. The molecular formula is C16H18FNO2. The Labute approximate surface area is 117 Å². The lowest BCUT2D eigenvalue weighted by Gasteiger charge is -2.10. The first kappa shape index (κ1) is 14.3. The fourth-order valence-corrected chi connectivity index (χ4v) is 2.20. The fraction of sp³-hybridized carbons (Fsp3) is 0.250. The van der Waals surface area contributed by atoms with Gasteiger partial charge in [0.05, 0.1) is 0 Å². The van der Waals surface area contributed by atoms with E-state index in [0.717, 1.165) is 5.56 Å². The molecule has 20 heavy (non-hydrogen) atoms. The van der Waals surface area contributed by atoms with Crippen molar-refractivity contribution < 1.29 is 14.6 Å². The van der Waals surface area contributed by atoms with Gasteiger partial charge in [-0.25, -0.2) is 4.39 Å². The van der Waals surface area contributed by atoms with E-state index in [0.29, 0.717) is 29.8 Å². The number of halogens is 1. The Bertz CT molecular complexity index is 603. The molecule has 0 heterocycles. The fourth-order valence-electron chi connectivity index (χ4n) is 2.20. The van der Waals surface area contributed by atoms with Crippen LogP contribution < -0.4 is 5.32 Å². The van der Waals surface area contributed by atoms with Crippen LogP contribution in [0.2, 0.25) is 0 Å². The summed E-state index contributed by atoms with van der Waals surface area (Å²) in [6, 6.07) is 8.46. The normalized spacial score (nSPS) is 10.8. The van der Waals surface area contributed by atoms with E-state index >= 15 is 0 Å². The van der Waals surface area contributed by atoms with Gasteiger partial charge < -0.3 is 15.5 Å². The molecule has 0 unspecified atom stereocenters. The van der Waals surface area contributed by atoms with Crippen molar-refractivity contribution in [2.24, 2.45) is 0 Å². The first-order valence-electron chi connectivity index (χ1n) is 6.45. The third-order valence-electron chi connectivity index (χ3n) is 3.24. The van der Waals surface area contributed by atoms with Crippen LogP contribution in [0.5, 0.6) is 11.5 Å². The maximum atomic E-state index is 13.5. The van der Waals surface area contributed by atoms with E-state index in [1.54, 1.807) is 38.1 Å². The van der Waals surface area contributed by atoms with Gasteiger partial charge in [0.2, 0.25) is 0 Å². The van der Waals surface area contributed by atoms with E-state index in [1.165, 1.54) is 6.07 Å². The zero-order chi connectivity index (χ0) is 14.7. The molecule has 3 N–H and O–H groups in total. The third kappa shape index (κ3) is 3.08. The third-order valence-corrected chi connectivity index (χ3v) is 3.24. The lowest BCUT2D eigenvalue weighted by molar-refractivity contribution is 0.397. The molecule has 0 fully saturated rings. The van der Waals surface area contributed by atoms with Crippen molar-refractivity contribution in [1.29, 1.82) is 0 Å². The van der Waals surface area contributed by atoms with E-state index in [1.807, 2.05) is 0 Å². The van der Waals surface area contributed by atoms with Gasteiger partial charge in [-0.3, -0.25) is 0 Å². The van der Waals surface area contributed by atoms with Crippen molar-refractivity contribution in [3.63, 3.8) is 0 Å². The maximum absolute atomic E-state index is 13.5. The molecule has 0 aliphatic rings. The summed E-state index contributed by atoms with van der Waals surface area (Å²) < 4.78 is 13.5. The molecule has 0 spiro atoms. The van der Waals surface area contributed by atoms with Crippen molar-refractivity contribution in [2.75, 3.05) is 0 Å². The number of phenolic OH excluding ortho intramolecular Hbond substituents is 2. The molecular weight excluding hydrogens is 257 g/mol. The van der Waals surface area contributed by atoms with Gasteiger partial charge in [-0.2, -0.15) is 0 Å². The molecule has 4 heteroatoms. The highest BCUT2D eigenvalue weighted by atomic mass is 19.1. The predicted octanol–water partition coefficient (Wildman–Crippen LogP) is 3.14. The average Bonchev–Trinajstić information content (AvgIpc) is 2.41. The van der Waals surface area contributed by atoms with Gasteiger partial charge >= 0.3 is 0 Å². The summed E-state index contributed by atoms with van der Waals surface area (Å²) in [6.07, 6.45) is 0. The van der Waals surface area contributed by atoms with Gasteiger partial charge in [0, 0.05) is 18.7 Å². The molecule has 0 aliphatic heterocycles. The average molecular weight is 275 g/mol. The monoisotopic (exact) mass is 275 g/mol. The van der Waals surface area contributed by atoms with Crippen LogP contribution >= 0.6 is 0 Å². The number of hydrogen-bond donors (Lipinski definition) is 3. The number of benzene rings is 2. The molecule has 2 aromatic carbocycles. The van der Waals surface area contributed by atoms with Gasteiger partial charge in [0.25, 0.3) is 0 Å². The van der Waals surface area contributed by atoms with Crippen LogP contribution in [0, 0.1) is 19.7 Å². The molecule has 0 saturated heterocycles. The summed E-state index contributed by atoms with van der Waals surface area (Å²) >= 11 is 0. The summed E-state index contributed by atoms with van der Waals surface area (Å²) in [5.74, 6) is -0.399. The highest BCUT2D eigenvalue weighted by molar-refractivity contribution is 5.44. The van der Waals surface area contributed by atoms with E-state index < -0.39 is 0 Å². The molecule has 106 valence electrons. The molecule has 0 saturated carbocycles. The second-order valence-electron chi connectivity index (χ2n) is 4.93. The van der Waals surface area contributed by atoms with E-state index in [2.05, 4.69) is 5.32 Å².